The zero-order valence-corrected chi connectivity index (χ0v) is 19.1. The Labute approximate surface area is 187 Å². The molecule has 1 heterocycles. The predicted molar refractivity (Wildman–Crippen MR) is 121 cm³/mol. The molecule has 0 fully saturated rings. The van der Waals surface area contributed by atoms with E-state index < -0.39 is 34.2 Å². The lowest BCUT2D eigenvalue weighted by atomic mass is 9.95. The van der Waals surface area contributed by atoms with Crippen molar-refractivity contribution in [1.29, 1.82) is 0 Å². The number of thiazole rings is 1. The van der Waals surface area contributed by atoms with Crippen LogP contribution in [0.25, 0.3) is 0 Å². The smallest absolute Gasteiger partial charge is 0.271 e. The Morgan fingerprint density at radius 3 is 2.61 bits per heavy atom. The molecule has 10 heteroatoms. The molecule has 0 spiro atoms. The van der Waals surface area contributed by atoms with E-state index in [4.69, 9.17) is 6.42 Å². The number of aliphatic hydroxyl groups is 2. The third-order valence-corrected chi connectivity index (χ3v) is 6.93. The van der Waals surface area contributed by atoms with Gasteiger partial charge in [-0.05, 0) is 24.8 Å². The van der Waals surface area contributed by atoms with Crippen LogP contribution in [-0.4, -0.2) is 61.1 Å². The van der Waals surface area contributed by atoms with E-state index in [2.05, 4.69) is 16.2 Å². The first-order chi connectivity index (χ1) is 14.6. The second-order valence-corrected chi connectivity index (χ2v) is 10.0. The number of amides is 1. The van der Waals surface area contributed by atoms with Crippen LogP contribution in [0.2, 0.25) is 0 Å². The molecule has 1 aromatic carbocycles. The van der Waals surface area contributed by atoms with Gasteiger partial charge in [0.15, 0.2) is 5.13 Å². The minimum atomic E-state index is -3.51. The van der Waals surface area contributed by atoms with Crippen molar-refractivity contribution >= 4 is 32.4 Å². The van der Waals surface area contributed by atoms with E-state index in [1.54, 1.807) is 0 Å². The highest BCUT2D eigenvalue weighted by Crippen LogP contribution is 2.22. The van der Waals surface area contributed by atoms with E-state index in [9.17, 15) is 23.4 Å². The van der Waals surface area contributed by atoms with Gasteiger partial charge in [0.2, 0.25) is 10.0 Å². The van der Waals surface area contributed by atoms with Gasteiger partial charge in [-0.2, -0.15) is 0 Å². The number of carbonyl (C=O) groups is 1. The molecule has 0 saturated heterocycles. The number of aromatic nitrogens is 1. The van der Waals surface area contributed by atoms with Crippen molar-refractivity contribution < 1.29 is 23.4 Å². The quantitative estimate of drug-likeness (QED) is 0.341. The normalized spacial score (nSPS) is 14.3. The summed E-state index contributed by atoms with van der Waals surface area (Å²) < 4.78 is 24.4. The molecule has 3 atom stereocenters. The first-order valence-electron chi connectivity index (χ1n) is 9.67. The summed E-state index contributed by atoms with van der Waals surface area (Å²) in [5.41, 5.74) is 0.904. The summed E-state index contributed by atoms with van der Waals surface area (Å²) in [5, 5.41) is 25.4. The molecule has 1 amide bonds. The number of benzene rings is 1. The molecule has 0 bridgehead atoms. The Morgan fingerprint density at radius 1 is 1.32 bits per heavy atom. The highest BCUT2D eigenvalue weighted by atomic mass is 32.2. The molecule has 2 rings (SSSR count). The van der Waals surface area contributed by atoms with Crippen molar-refractivity contribution in [3.8, 4) is 12.3 Å². The Balaban J connectivity index is 2.17. The Kier molecular flexibility index (Phi) is 9.00. The third-order valence-electron chi connectivity index (χ3n) is 4.73. The van der Waals surface area contributed by atoms with Gasteiger partial charge in [0.05, 0.1) is 18.4 Å². The maximum absolute atomic E-state index is 12.8. The molecule has 0 saturated carbocycles. The average molecular weight is 466 g/mol. The number of unbranched alkanes of at least 4 members (excludes halogenated alkanes) is 1. The molecular weight excluding hydrogens is 438 g/mol. The summed E-state index contributed by atoms with van der Waals surface area (Å²) in [4.78, 5) is 16.9. The van der Waals surface area contributed by atoms with Gasteiger partial charge in [0.1, 0.15) is 11.8 Å². The number of sulfonamides is 1. The van der Waals surface area contributed by atoms with E-state index in [1.165, 1.54) is 12.4 Å². The van der Waals surface area contributed by atoms with Gasteiger partial charge in [0, 0.05) is 18.8 Å². The molecule has 0 radical (unpaired) electrons. The van der Waals surface area contributed by atoms with Gasteiger partial charge in [-0.15, -0.1) is 23.7 Å². The Bertz CT molecular complexity index is 1000. The Hall–Kier alpha value is -2.45. The van der Waals surface area contributed by atoms with Crippen LogP contribution < -0.4 is 9.62 Å². The average Bonchev–Trinajstić information content (AvgIpc) is 3.22. The van der Waals surface area contributed by atoms with Crippen molar-refractivity contribution in [2.24, 2.45) is 0 Å². The fourth-order valence-corrected chi connectivity index (χ4v) is 4.41. The zero-order valence-electron chi connectivity index (χ0n) is 17.4. The molecule has 0 aliphatic rings. The van der Waals surface area contributed by atoms with Gasteiger partial charge in [-0.1, -0.05) is 30.3 Å². The SMILES string of the molecule is C#CCCCC(O)C(O)C(Cc1ccccc1)NC(=O)c1csc(N(C)S(C)(=O)=O)n1. The molecule has 31 heavy (non-hydrogen) atoms. The van der Waals surface area contributed by atoms with E-state index >= 15 is 0 Å². The van der Waals surface area contributed by atoms with Gasteiger partial charge in [-0.3, -0.25) is 4.79 Å². The lowest BCUT2D eigenvalue weighted by molar-refractivity contribution is -0.00790. The number of nitrogens with zero attached hydrogens (tertiary/aromatic N) is 2. The maximum atomic E-state index is 12.8. The van der Waals surface area contributed by atoms with E-state index in [0.717, 1.165) is 27.5 Å². The largest absolute Gasteiger partial charge is 0.390 e. The van der Waals surface area contributed by atoms with E-state index in [0.29, 0.717) is 25.7 Å². The molecule has 1 aromatic heterocycles. The number of carbonyl (C=O) groups excluding carboxylic acids is 1. The van der Waals surface area contributed by atoms with Crippen LogP contribution in [0.3, 0.4) is 0 Å². The first kappa shape index (κ1) is 24.8. The fourth-order valence-electron chi connectivity index (χ4n) is 2.87. The minimum Gasteiger partial charge on any atom is -0.390 e. The second kappa shape index (κ2) is 11.2. The van der Waals surface area contributed by atoms with Gasteiger partial charge < -0.3 is 15.5 Å². The van der Waals surface area contributed by atoms with Gasteiger partial charge in [0.25, 0.3) is 5.91 Å². The summed E-state index contributed by atoms with van der Waals surface area (Å²) in [6.45, 7) is 0. The molecule has 3 unspecified atom stereocenters. The summed E-state index contributed by atoms with van der Waals surface area (Å²) in [5.74, 6) is 1.92. The molecule has 3 N–H and O–H groups in total. The van der Waals surface area contributed by atoms with Crippen LogP contribution in [0.4, 0.5) is 5.13 Å². The van der Waals surface area contributed by atoms with Crippen molar-refractivity contribution in [2.45, 2.75) is 43.9 Å². The number of rotatable bonds is 11. The summed E-state index contributed by atoms with van der Waals surface area (Å²) in [6, 6.07) is 8.48. The number of hydrogen-bond acceptors (Lipinski definition) is 7. The minimum absolute atomic E-state index is 0.0302. The summed E-state index contributed by atoms with van der Waals surface area (Å²) in [7, 11) is -2.15. The van der Waals surface area contributed by atoms with E-state index in [1.807, 2.05) is 30.3 Å². The molecule has 0 aliphatic heterocycles. The summed E-state index contributed by atoms with van der Waals surface area (Å²) in [6.07, 6.45) is 5.61. The van der Waals surface area contributed by atoms with Crippen molar-refractivity contribution in [1.82, 2.24) is 10.3 Å². The lowest BCUT2D eigenvalue weighted by Gasteiger charge is -2.27. The van der Waals surface area contributed by atoms with Crippen LogP contribution in [0, 0.1) is 12.3 Å². The van der Waals surface area contributed by atoms with Crippen molar-refractivity contribution in [2.75, 3.05) is 17.6 Å². The lowest BCUT2D eigenvalue weighted by Crippen LogP contribution is -2.49. The van der Waals surface area contributed by atoms with Crippen molar-refractivity contribution in [3.63, 3.8) is 0 Å². The number of nitrogens with one attached hydrogen (secondary N) is 1. The van der Waals surface area contributed by atoms with Gasteiger partial charge >= 0.3 is 0 Å². The Morgan fingerprint density at radius 2 is 2.00 bits per heavy atom. The molecule has 8 nitrogen and oxygen atoms in total. The molecule has 168 valence electrons. The number of terminal acetylenes is 1. The standard InChI is InChI=1S/C21H27N3O5S2/c1-4-5-7-12-18(25)19(26)16(13-15-10-8-6-9-11-15)22-20(27)17-14-30-21(23-17)24(2)31(3,28)29/h1,6,8-11,14,16,18-19,25-26H,5,7,12-13H2,2-3H3,(H,22,27). The number of hydrogen-bond donors (Lipinski definition) is 3. The first-order valence-corrected chi connectivity index (χ1v) is 12.4. The van der Waals surface area contributed by atoms with Crippen LogP contribution in [0.15, 0.2) is 35.7 Å². The highest BCUT2D eigenvalue weighted by molar-refractivity contribution is 7.92. The summed E-state index contributed by atoms with van der Waals surface area (Å²) >= 11 is 1.02. The fraction of sp³-hybridized carbons (Fsp3) is 0.429. The number of aliphatic hydroxyl groups excluding tert-OH is 2. The second-order valence-electron chi connectivity index (χ2n) is 7.17. The monoisotopic (exact) mass is 465 g/mol. The van der Waals surface area contributed by atoms with Crippen LogP contribution >= 0.6 is 11.3 Å². The predicted octanol–water partition coefficient (Wildman–Crippen LogP) is 1.41. The molecule has 2 aromatic rings. The molecular formula is C21H27N3O5S2. The topological polar surface area (TPSA) is 120 Å². The van der Waals surface area contributed by atoms with Gasteiger partial charge in [-0.25, -0.2) is 17.7 Å². The molecule has 0 aliphatic carbocycles. The van der Waals surface area contributed by atoms with Crippen LogP contribution in [0.5, 0.6) is 0 Å². The zero-order chi connectivity index (χ0) is 23.0. The van der Waals surface area contributed by atoms with Crippen LogP contribution in [0.1, 0.15) is 35.3 Å². The van der Waals surface area contributed by atoms with Crippen LogP contribution in [-0.2, 0) is 16.4 Å². The number of anilines is 1. The van der Waals surface area contributed by atoms with Crippen molar-refractivity contribution in [3.05, 3.63) is 47.0 Å². The third kappa shape index (κ3) is 7.33. The highest BCUT2D eigenvalue weighted by Gasteiger charge is 2.29. The van der Waals surface area contributed by atoms with E-state index in [-0.39, 0.29) is 10.8 Å². The maximum Gasteiger partial charge on any atom is 0.271 e.